The zero-order valence-electron chi connectivity index (χ0n) is 18.1. The summed E-state index contributed by atoms with van der Waals surface area (Å²) in [6.45, 7) is 5.99. The van der Waals surface area contributed by atoms with E-state index in [1.165, 1.54) is 4.68 Å². The van der Waals surface area contributed by atoms with E-state index >= 15 is 0 Å². The van der Waals surface area contributed by atoms with Gasteiger partial charge >= 0.3 is 0 Å². The molecular weight excluding hydrogens is 400 g/mol. The van der Waals surface area contributed by atoms with Gasteiger partial charge in [0, 0.05) is 22.8 Å². The average molecular weight is 422 g/mol. The number of aromatic nitrogens is 3. The normalized spacial score (nSPS) is 11.2. The van der Waals surface area contributed by atoms with Gasteiger partial charge in [-0.15, -0.1) is 0 Å². The molecule has 32 heavy (non-hydrogen) atoms. The quantitative estimate of drug-likeness (QED) is 0.427. The highest BCUT2D eigenvalue weighted by Gasteiger charge is 2.14. The number of amides is 1. The van der Waals surface area contributed by atoms with Crippen molar-refractivity contribution in [2.24, 2.45) is 0 Å². The Kier molecular flexibility index (Phi) is 4.63. The van der Waals surface area contributed by atoms with Crippen LogP contribution in [0.5, 0.6) is 0 Å². The molecular formula is C26H22N4O2. The molecule has 2 heterocycles. The maximum atomic E-state index is 13.0. The van der Waals surface area contributed by atoms with Crippen molar-refractivity contribution in [1.29, 1.82) is 0 Å². The van der Waals surface area contributed by atoms with Crippen LogP contribution >= 0.6 is 0 Å². The number of fused-ring (bicyclic) bond motifs is 3. The Morgan fingerprint density at radius 3 is 2.31 bits per heavy atom. The molecule has 0 unspecified atom stereocenters. The van der Waals surface area contributed by atoms with Gasteiger partial charge < -0.3 is 5.32 Å². The predicted octanol–water partition coefficient (Wildman–Crippen LogP) is 5.04. The number of hydrogen-bond acceptors (Lipinski definition) is 3. The molecule has 0 radical (unpaired) electrons. The minimum atomic E-state index is -0.214. The molecule has 6 heteroatoms. The van der Waals surface area contributed by atoms with E-state index in [1.54, 1.807) is 24.4 Å². The molecule has 0 aliphatic rings. The first kappa shape index (κ1) is 19.8. The van der Waals surface area contributed by atoms with Gasteiger partial charge in [-0.3, -0.25) is 19.7 Å². The van der Waals surface area contributed by atoms with E-state index in [9.17, 15) is 9.59 Å². The van der Waals surface area contributed by atoms with Crippen molar-refractivity contribution in [2.45, 2.75) is 20.8 Å². The summed E-state index contributed by atoms with van der Waals surface area (Å²) in [5, 5.41) is 7.37. The molecule has 0 aliphatic carbocycles. The lowest BCUT2D eigenvalue weighted by Gasteiger charge is -2.08. The summed E-state index contributed by atoms with van der Waals surface area (Å²) in [6.07, 6.45) is 1.58. The van der Waals surface area contributed by atoms with Gasteiger partial charge in [0.2, 0.25) is 0 Å². The molecule has 0 bridgehead atoms. The first-order valence-electron chi connectivity index (χ1n) is 10.4. The largest absolute Gasteiger partial charge is 0.322 e. The second-order valence-corrected chi connectivity index (χ2v) is 8.20. The molecule has 3 aromatic carbocycles. The average Bonchev–Trinajstić information content (AvgIpc) is 3.10. The molecule has 6 nitrogen and oxygen atoms in total. The molecule has 0 saturated heterocycles. The van der Waals surface area contributed by atoms with Crippen molar-refractivity contribution in [3.63, 3.8) is 0 Å². The number of benzene rings is 3. The van der Waals surface area contributed by atoms with Crippen LogP contribution in [0.25, 0.3) is 27.5 Å². The van der Waals surface area contributed by atoms with Crippen LogP contribution in [-0.4, -0.2) is 20.7 Å². The Hall–Kier alpha value is -4.19. The predicted molar refractivity (Wildman–Crippen MR) is 128 cm³/mol. The Balaban J connectivity index is 1.60. The fourth-order valence-corrected chi connectivity index (χ4v) is 4.03. The fraction of sp³-hybridized carbons (Fsp3) is 0.115. The lowest BCUT2D eigenvalue weighted by atomic mass is 10.1. The summed E-state index contributed by atoms with van der Waals surface area (Å²) in [4.78, 5) is 30.4. The van der Waals surface area contributed by atoms with Crippen molar-refractivity contribution in [1.82, 2.24) is 14.8 Å². The minimum absolute atomic E-state index is 0.177. The molecule has 0 spiro atoms. The number of carbonyl (C=O) groups is 1. The third kappa shape index (κ3) is 3.46. The Bertz CT molecular complexity index is 1540. The lowest BCUT2D eigenvalue weighted by molar-refractivity contribution is 0.102. The molecule has 5 rings (SSSR count). The van der Waals surface area contributed by atoms with Crippen LogP contribution in [0.3, 0.4) is 0 Å². The van der Waals surface area contributed by atoms with Crippen molar-refractivity contribution in [3.8, 4) is 5.69 Å². The van der Waals surface area contributed by atoms with Crippen molar-refractivity contribution < 1.29 is 4.79 Å². The van der Waals surface area contributed by atoms with Gasteiger partial charge in [0.05, 0.1) is 22.1 Å². The maximum Gasteiger partial charge on any atom is 0.280 e. The van der Waals surface area contributed by atoms with Gasteiger partial charge in [0.25, 0.3) is 11.5 Å². The number of pyridine rings is 1. The first-order chi connectivity index (χ1) is 15.4. The Morgan fingerprint density at radius 2 is 1.59 bits per heavy atom. The van der Waals surface area contributed by atoms with Gasteiger partial charge in [0.1, 0.15) is 0 Å². The van der Waals surface area contributed by atoms with Gasteiger partial charge in [-0.25, -0.2) is 4.68 Å². The highest BCUT2D eigenvalue weighted by molar-refractivity contribution is 6.10. The second kappa shape index (κ2) is 7.50. The van der Waals surface area contributed by atoms with E-state index in [0.717, 1.165) is 33.5 Å². The molecule has 1 amide bonds. The van der Waals surface area contributed by atoms with E-state index in [2.05, 4.69) is 21.5 Å². The molecule has 0 fully saturated rings. The van der Waals surface area contributed by atoms with Gasteiger partial charge in [-0.2, -0.15) is 0 Å². The SMILES string of the molecule is Cc1ccc(-n2[nH]c3c(cnc4ccc(C(=O)Nc5cc(C)cc(C)c5)cc43)c2=O)cc1. The van der Waals surface area contributed by atoms with E-state index in [4.69, 9.17) is 0 Å². The summed E-state index contributed by atoms with van der Waals surface area (Å²) >= 11 is 0. The summed E-state index contributed by atoms with van der Waals surface area (Å²) in [5.41, 5.74) is 6.46. The van der Waals surface area contributed by atoms with Gasteiger partial charge in [0.15, 0.2) is 0 Å². The molecule has 2 aromatic heterocycles. The number of nitrogens with zero attached hydrogens (tertiary/aromatic N) is 2. The second-order valence-electron chi connectivity index (χ2n) is 8.20. The molecule has 5 aromatic rings. The zero-order valence-corrected chi connectivity index (χ0v) is 18.1. The first-order valence-corrected chi connectivity index (χ1v) is 10.4. The third-order valence-electron chi connectivity index (χ3n) is 5.56. The topological polar surface area (TPSA) is 79.8 Å². The number of carbonyl (C=O) groups excluding carboxylic acids is 1. The van der Waals surface area contributed by atoms with Crippen molar-refractivity contribution in [2.75, 3.05) is 5.32 Å². The van der Waals surface area contributed by atoms with Crippen LogP contribution in [-0.2, 0) is 0 Å². The van der Waals surface area contributed by atoms with Crippen LogP contribution in [0.1, 0.15) is 27.0 Å². The highest BCUT2D eigenvalue weighted by atomic mass is 16.1. The lowest BCUT2D eigenvalue weighted by Crippen LogP contribution is -2.14. The Labute approximate surface area is 184 Å². The minimum Gasteiger partial charge on any atom is -0.322 e. The smallest absolute Gasteiger partial charge is 0.280 e. The number of aryl methyl sites for hydroxylation is 3. The van der Waals surface area contributed by atoms with Crippen LogP contribution in [0.4, 0.5) is 5.69 Å². The number of hydrogen-bond donors (Lipinski definition) is 2. The van der Waals surface area contributed by atoms with Gasteiger partial charge in [-0.05, 0) is 74.4 Å². The van der Waals surface area contributed by atoms with E-state index in [0.29, 0.717) is 22.0 Å². The maximum absolute atomic E-state index is 13.0. The van der Waals surface area contributed by atoms with Gasteiger partial charge in [-0.1, -0.05) is 23.8 Å². The number of rotatable bonds is 3. The highest BCUT2D eigenvalue weighted by Crippen LogP contribution is 2.23. The fourth-order valence-electron chi connectivity index (χ4n) is 4.03. The number of anilines is 1. The molecule has 158 valence electrons. The summed E-state index contributed by atoms with van der Waals surface area (Å²) < 4.78 is 1.51. The molecule has 2 N–H and O–H groups in total. The molecule has 0 atom stereocenters. The van der Waals surface area contributed by atoms with E-state index < -0.39 is 0 Å². The van der Waals surface area contributed by atoms with Crippen LogP contribution in [0.15, 0.2) is 71.7 Å². The van der Waals surface area contributed by atoms with Crippen molar-refractivity contribution >= 4 is 33.4 Å². The zero-order chi connectivity index (χ0) is 22.4. The van der Waals surface area contributed by atoms with E-state index in [1.807, 2.05) is 57.2 Å². The standard InChI is InChI=1S/C26H22N4O2/c1-15-4-7-20(8-5-15)30-26(32)22-14-27-23-9-6-18(13-21(23)24(22)29-30)25(31)28-19-11-16(2)10-17(3)12-19/h4-14,29H,1-3H3,(H,28,31). The number of aromatic amines is 1. The summed E-state index contributed by atoms with van der Waals surface area (Å²) in [7, 11) is 0. The van der Waals surface area contributed by atoms with Crippen LogP contribution in [0, 0.1) is 20.8 Å². The van der Waals surface area contributed by atoms with Crippen LogP contribution in [0.2, 0.25) is 0 Å². The third-order valence-corrected chi connectivity index (χ3v) is 5.56. The molecule has 0 aliphatic heterocycles. The van der Waals surface area contributed by atoms with E-state index in [-0.39, 0.29) is 11.5 Å². The molecule has 0 saturated carbocycles. The Morgan fingerprint density at radius 1 is 0.875 bits per heavy atom. The summed E-state index contributed by atoms with van der Waals surface area (Å²) in [6, 6.07) is 18.9. The number of nitrogens with one attached hydrogen (secondary N) is 2. The summed E-state index contributed by atoms with van der Waals surface area (Å²) in [5.74, 6) is -0.214. The monoisotopic (exact) mass is 422 g/mol. The number of H-pyrrole nitrogens is 1. The van der Waals surface area contributed by atoms with Crippen molar-refractivity contribution in [3.05, 3.63) is 99.5 Å². The van der Waals surface area contributed by atoms with Crippen LogP contribution < -0.4 is 10.9 Å².